The van der Waals surface area contributed by atoms with Crippen LogP contribution in [0.5, 0.6) is 0 Å². The number of nitrogens with zero attached hydrogens (tertiary/aromatic N) is 6. The molecule has 0 aliphatic carbocycles. The van der Waals surface area contributed by atoms with Crippen LogP contribution in [-0.2, 0) is 0 Å². The largest absolute Gasteiger partial charge is 0.309 e. The standard InChI is InChI=1S/C46H30N6/c1-3-9-33(10-4-1)43-44-38-21-17-36(40-14-7-13-39(49-40)32-23-26-47-27-24-32)29-35(38)18-22-42(44)52(45(43)34-11-5-2-6-12-34)37-19-15-31(16-20-37)41-30-51-28-8-25-48-46(51)50-41/h1-30H. The number of hydrogen-bond acceptors (Lipinski definition) is 4. The lowest BCUT2D eigenvalue weighted by atomic mass is 9.94. The van der Waals surface area contributed by atoms with Crippen molar-refractivity contribution in [3.8, 4) is 61.8 Å². The summed E-state index contributed by atoms with van der Waals surface area (Å²) in [6, 6.07) is 53.5. The molecule has 10 aromatic rings. The minimum atomic E-state index is 0.684. The van der Waals surface area contributed by atoms with E-state index in [9.17, 15) is 0 Å². The van der Waals surface area contributed by atoms with Crippen molar-refractivity contribution >= 4 is 27.5 Å². The molecule has 5 aromatic heterocycles. The third kappa shape index (κ3) is 5.05. The average molecular weight is 667 g/mol. The van der Waals surface area contributed by atoms with Crippen LogP contribution in [0.4, 0.5) is 0 Å². The molecule has 6 heteroatoms. The van der Waals surface area contributed by atoms with Gasteiger partial charge in [0.2, 0.25) is 5.78 Å². The van der Waals surface area contributed by atoms with Gasteiger partial charge in [0.05, 0.1) is 28.3 Å². The lowest BCUT2D eigenvalue weighted by Gasteiger charge is -2.14. The molecule has 6 nitrogen and oxygen atoms in total. The second-order valence-corrected chi connectivity index (χ2v) is 12.8. The Kier molecular flexibility index (Phi) is 7.03. The van der Waals surface area contributed by atoms with Gasteiger partial charge in [0.1, 0.15) is 0 Å². The Hall–Kier alpha value is -7.18. The predicted octanol–water partition coefficient (Wildman–Crippen LogP) is 11.0. The van der Waals surface area contributed by atoms with Crippen LogP contribution in [0, 0.1) is 0 Å². The van der Waals surface area contributed by atoms with Crippen LogP contribution >= 0.6 is 0 Å². The number of fused-ring (bicyclic) bond motifs is 4. The van der Waals surface area contributed by atoms with Gasteiger partial charge < -0.3 is 4.57 Å². The molecule has 0 bridgehead atoms. The quantitative estimate of drug-likeness (QED) is 0.177. The number of pyridine rings is 2. The molecule has 0 unspecified atom stereocenters. The zero-order chi connectivity index (χ0) is 34.4. The maximum Gasteiger partial charge on any atom is 0.234 e. The van der Waals surface area contributed by atoms with Crippen molar-refractivity contribution in [3.63, 3.8) is 0 Å². The van der Waals surface area contributed by atoms with E-state index in [0.717, 1.165) is 61.6 Å². The molecular weight excluding hydrogens is 637 g/mol. The summed E-state index contributed by atoms with van der Waals surface area (Å²) in [4.78, 5) is 18.4. The molecule has 0 aliphatic heterocycles. The van der Waals surface area contributed by atoms with E-state index in [4.69, 9.17) is 9.97 Å². The molecule has 5 heterocycles. The van der Waals surface area contributed by atoms with E-state index in [0.29, 0.717) is 5.78 Å². The molecule has 0 aliphatic rings. The Balaban J connectivity index is 1.19. The molecule has 0 amide bonds. The van der Waals surface area contributed by atoms with Gasteiger partial charge in [0, 0.05) is 64.3 Å². The van der Waals surface area contributed by atoms with Crippen LogP contribution in [0.2, 0.25) is 0 Å². The summed E-state index contributed by atoms with van der Waals surface area (Å²) in [6.45, 7) is 0. The third-order valence-electron chi connectivity index (χ3n) is 9.74. The molecule has 0 spiro atoms. The first-order chi connectivity index (χ1) is 25.8. The van der Waals surface area contributed by atoms with Crippen LogP contribution in [-0.4, -0.2) is 28.9 Å². The summed E-state index contributed by atoms with van der Waals surface area (Å²) in [7, 11) is 0. The third-order valence-corrected chi connectivity index (χ3v) is 9.74. The van der Waals surface area contributed by atoms with E-state index in [1.165, 1.54) is 21.9 Å². The van der Waals surface area contributed by atoms with E-state index in [1.54, 1.807) is 18.6 Å². The Labute approximate surface area is 300 Å². The van der Waals surface area contributed by atoms with Crippen molar-refractivity contribution in [2.24, 2.45) is 0 Å². The zero-order valence-corrected chi connectivity index (χ0v) is 28.0. The van der Waals surface area contributed by atoms with E-state index >= 15 is 0 Å². The van der Waals surface area contributed by atoms with Gasteiger partial charge in [-0.1, -0.05) is 97.1 Å². The molecule has 0 atom stereocenters. The Morgan fingerprint density at radius 3 is 1.96 bits per heavy atom. The first-order valence-electron chi connectivity index (χ1n) is 17.3. The van der Waals surface area contributed by atoms with Crippen molar-refractivity contribution < 1.29 is 0 Å². The molecule has 0 saturated carbocycles. The fourth-order valence-electron chi connectivity index (χ4n) is 7.33. The molecule has 0 fully saturated rings. The second kappa shape index (κ2) is 12.3. The average Bonchev–Trinajstić information content (AvgIpc) is 3.82. The van der Waals surface area contributed by atoms with E-state index in [-0.39, 0.29) is 0 Å². The first-order valence-corrected chi connectivity index (χ1v) is 17.3. The minimum Gasteiger partial charge on any atom is -0.309 e. The van der Waals surface area contributed by atoms with Gasteiger partial charge in [-0.3, -0.25) is 9.38 Å². The highest BCUT2D eigenvalue weighted by Gasteiger charge is 2.23. The van der Waals surface area contributed by atoms with Gasteiger partial charge in [-0.05, 0) is 76.5 Å². The molecule has 0 saturated heterocycles. The normalized spacial score (nSPS) is 11.5. The number of hydrogen-bond donors (Lipinski definition) is 0. The Morgan fingerprint density at radius 1 is 0.481 bits per heavy atom. The fraction of sp³-hybridized carbons (Fsp3) is 0. The van der Waals surface area contributed by atoms with Crippen LogP contribution in [0.1, 0.15) is 0 Å². The summed E-state index contributed by atoms with van der Waals surface area (Å²) >= 11 is 0. The van der Waals surface area contributed by atoms with Gasteiger partial charge in [0.25, 0.3) is 0 Å². The van der Waals surface area contributed by atoms with E-state index in [1.807, 2.05) is 41.1 Å². The van der Waals surface area contributed by atoms with E-state index in [2.05, 4.69) is 142 Å². The lowest BCUT2D eigenvalue weighted by Crippen LogP contribution is -1.97. The van der Waals surface area contributed by atoms with Gasteiger partial charge in [-0.15, -0.1) is 0 Å². The van der Waals surface area contributed by atoms with Gasteiger partial charge in [-0.25, -0.2) is 15.0 Å². The first kappa shape index (κ1) is 29.7. The molecule has 10 rings (SSSR count). The lowest BCUT2D eigenvalue weighted by molar-refractivity contribution is 1.11. The van der Waals surface area contributed by atoms with Crippen molar-refractivity contribution in [3.05, 3.63) is 183 Å². The molecule has 0 N–H and O–H groups in total. The highest BCUT2D eigenvalue weighted by atomic mass is 15.1. The molecular formula is C46H30N6. The number of aromatic nitrogens is 6. The monoisotopic (exact) mass is 666 g/mol. The van der Waals surface area contributed by atoms with Crippen LogP contribution < -0.4 is 0 Å². The summed E-state index contributed by atoms with van der Waals surface area (Å²) in [5.41, 5.74) is 12.8. The Bertz CT molecular complexity index is 2840. The summed E-state index contributed by atoms with van der Waals surface area (Å²) in [5.74, 6) is 0.684. The fourth-order valence-corrected chi connectivity index (χ4v) is 7.33. The zero-order valence-electron chi connectivity index (χ0n) is 28.0. The highest BCUT2D eigenvalue weighted by molar-refractivity contribution is 6.18. The summed E-state index contributed by atoms with van der Waals surface area (Å²) in [6.07, 6.45) is 9.37. The van der Waals surface area contributed by atoms with Crippen LogP contribution in [0.3, 0.4) is 0 Å². The number of benzene rings is 5. The highest BCUT2D eigenvalue weighted by Crippen LogP contribution is 2.46. The molecule has 52 heavy (non-hydrogen) atoms. The maximum absolute atomic E-state index is 5.05. The molecule has 0 radical (unpaired) electrons. The van der Waals surface area contributed by atoms with Gasteiger partial charge in [-0.2, -0.15) is 0 Å². The summed E-state index contributed by atoms with van der Waals surface area (Å²) in [5, 5.41) is 3.56. The summed E-state index contributed by atoms with van der Waals surface area (Å²) < 4.78 is 4.36. The minimum absolute atomic E-state index is 0.684. The number of imidazole rings is 1. The van der Waals surface area contributed by atoms with Gasteiger partial charge in [0.15, 0.2) is 0 Å². The van der Waals surface area contributed by atoms with Crippen molar-refractivity contribution in [2.45, 2.75) is 0 Å². The smallest absolute Gasteiger partial charge is 0.234 e. The molecule has 244 valence electrons. The second-order valence-electron chi connectivity index (χ2n) is 12.8. The van der Waals surface area contributed by atoms with Crippen LogP contribution in [0.15, 0.2) is 183 Å². The predicted molar refractivity (Wildman–Crippen MR) is 210 cm³/mol. The van der Waals surface area contributed by atoms with Crippen LogP contribution in [0.25, 0.3) is 89.3 Å². The van der Waals surface area contributed by atoms with Crippen molar-refractivity contribution in [1.82, 2.24) is 28.9 Å². The topological polar surface area (TPSA) is 60.9 Å². The maximum atomic E-state index is 5.05. The SMILES string of the molecule is c1ccc(-c2c(-c3ccccc3)n(-c3ccc(-c4cn5cccnc5n4)cc3)c3ccc4cc(-c5cccc(-c6ccncc6)n5)ccc4c23)cc1. The molecule has 5 aromatic carbocycles. The Morgan fingerprint density at radius 2 is 1.19 bits per heavy atom. The van der Waals surface area contributed by atoms with E-state index < -0.39 is 0 Å². The van der Waals surface area contributed by atoms with Crippen molar-refractivity contribution in [1.29, 1.82) is 0 Å². The van der Waals surface area contributed by atoms with Gasteiger partial charge >= 0.3 is 0 Å². The van der Waals surface area contributed by atoms with Crippen molar-refractivity contribution in [2.75, 3.05) is 0 Å². The number of rotatable bonds is 6.